The van der Waals surface area contributed by atoms with Crippen LogP contribution in [0.15, 0.2) is 36.4 Å². The van der Waals surface area contributed by atoms with Crippen molar-refractivity contribution < 1.29 is 42.8 Å². The lowest BCUT2D eigenvalue weighted by atomic mass is 9.86. The van der Waals surface area contributed by atoms with Crippen LogP contribution in [0.2, 0.25) is 0 Å². The van der Waals surface area contributed by atoms with Crippen LogP contribution in [0.1, 0.15) is 64.4 Å². The van der Waals surface area contributed by atoms with Gasteiger partial charge >= 0.3 is 12.1 Å². The quantitative estimate of drug-likeness (QED) is 0.206. The summed E-state index contributed by atoms with van der Waals surface area (Å²) in [6, 6.07) is 4.48. The highest BCUT2D eigenvalue weighted by molar-refractivity contribution is 5.69. The molecule has 2 rings (SSSR count). The molecule has 198 valence electrons. The standard InChI is InChI=1S/C26H37F3O6/c1-17(2)35-25(33)11-6-4-3-5-10-21-22(24(32)15-23(21)31)13-12-19(30)16-34-20-9-7-8-18(14-20)26(27,28)29/h3,5,7-9,14,17,19,21-24,30-32H,4,6,10-13,15-16H2,1-2H3/t19-,21-,22-,23+,24-/m1/s1. The number of carbonyl (C=O) groups excluding carboxylic acids is 1. The van der Waals surface area contributed by atoms with E-state index in [0.717, 1.165) is 12.1 Å². The Labute approximate surface area is 204 Å². The van der Waals surface area contributed by atoms with Gasteiger partial charge in [0.1, 0.15) is 12.4 Å². The number of unbranched alkanes of at least 4 members (excludes halogenated alkanes) is 1. The number of benzene rings is 1. The Morgan fingerprint density at radius 1 is 1.17 bits per heavy atom. The van der Waals surface area contributed by atoms with Crippen LogP contribution < -0.4 is 4.74 Å². The van der Waals surface area contributed by atoms with Crippen LogP contribution in [0, 0.1) is 11.8 Å². The summed E-state index contributed by atoms with van der Waals surface area (Å²) < 4.78 is 48.9. The van der Waals surface area contributed by atoms with E-state index in [1.807, 2.05) is 12.2 Å². The first-order chi connectivity index (χ1) is 16.5. The van der Waals surface area contributed by atoms with Crippen molar-refractivity contribution in [2.24, 2.45) is 11.8 Å². The minimum Gasteiger partial charge on any atom is -0.491 e. The predicted molar refractivity (Wildman–Crippen MR) is 125 cm³/mol. The molecule has 0 saturated heterocycles. The van der Waals surface area contributed by atoms with Gasteiger partial charge in [0.25, 0.3) is 0 Å². The number of alkyl halides is 3. The van der Waals surface area contributed by atoms with Gasteiger partial charge in [-0.05, 0) is 82.4 Å². The van der Waals surface area contributed by atoms with Crippen LogP contribution >= 0.6 is 0 Å². The highest BCUT2D eigenvalue weighted by Crippen LogP contribution is 2.38. The molecule has 1 aromatic carbocycles. The maximum absolute atomic E-state index is 12.8. The van der Waals surface area contributed by atoms with E-state index in [0.29, 0.717) is 32.1 Å². The van der Waals surface area contributed by atoms with Crippen LogP contribution in [-0.2, 0) is 15.7 Å². The second-order valence-corrected chi connectivity index (χ2v) is 9.40. The summed E-state index contributed by atoms with van der Waals surface area (Å²) in [7, 11) is 0. The maximum atomic E-state index is 12.8. The Balaban J connectivity index is 1.76. The molecular weight excluding hydrogens is 465 g/mol. The molecular formula is C26H37F3O6. The van der Waals surface area contributed by atoms with Crippen LogP contribution in [0.5, 0.6) is 5.75 Å². The van der Waals surface area contributed by atoms with Crippen molar-refractivity contribution in [2.75, 3.05) is 6.61 Å². The van der Waals surface area contributed by atoms with Crippen LogP contribution in [0.3, 0.4) is 0 Å². The zero-order valence-corrected chi connectivity index (χ0v) is 20.3. The average molecular weight is 503 g/mol. The van der Waals surface area contributed by atoms with E-state index >= 15 is 0 Å². The van der Waals surface area contributed by atoms with Gasteiger partial charge in [-0.25, -0.2) is 0 Å². The smallest absolute Gasteiger partial charge is 0.416 e. The molecule has 0 bridgehead atoms. The first kappa shape index (κ1) is 29.1. The summed E-state index contributed by atoms with van der Waals surface area (Å²) in [6.07, 6.45) is 0.310. The number of esters is 1. The number of hydrogen-bond donors (Lipinski definition) is 3. The molecule has 6 nitrogen and oxygen atoms in total. The third-order valence-corrected chi connectivity index (χ3v) is 6.15. The van der Waals surface area contributed by atoms with E-state index in [1.165, 1.54) is 12.1 Å². The molecule has 1 aromatic rings. The van der Waals surface area contributed by atoms with Crippen molar-refractivity contribution in [1.82, 2.24) is 0 Å². The number of aliphatic hydroxyl groups excluding tert-OH is 3. The van der Waals surface area contributed by atoms with Gasteiger partial charge in [0.15, 0.2) is 0 Å². The van der Waals surface area contributed by atoms with Crippen LogP contribution in [0.4, 0.5) is 13.2 Å². The molecule has 1 aliphatic carbocycles. The molecule has 0 aromatic heterocycles. The zero-order valence-electron chi connectivity index (χ0n) is 20.3. The molecule has 9 heteroatoms. The largest absolute Gasteiger partial charge is 0.491 e. The van der Waals surface area contributed by atoms with Crippen molar-refractivity contribution in [3.05, 3.63) is 42.0 Å². The Kier molecular flexibility index (Phi) is 11.5. The second-order valence-electron chi connectivity index (χ2n) is 9.40. The molecule has 3 N–H and O–H groups in total. The molecule has 0 heterocycles. The number of hydrogen-bond acceptors (Lipinski definition) is 6. The number of rotatable bonds is 13. The van der Waals surface area contributed by atoms with E-state index in [4.69, 9.17) is 9.47 Å². The normalized spacial score (nSPS) is 23.7. The van der Waals surface area contributed by atoms with Crippen molar-refractivity contribution in [3.63, 3.8) is 0 Å². The minimum absolute atomic E-state index is 0.0238. The predicted octanol–water partition coefficient (Wildman–Crippen LogP) is 4.65. The van der Waals surface area contributed by atoms with E-state index in [-0.39, 0.29) is 49.1 Å². The molecule has 1 saturated carbocycles. The third-order valence-electron chi connectivity index (χ3n) is 6.15. The highest BCUT2D eigenvalue weighted by atomic mass is 19.4. The lowest BCUT2D eigenvalue weighted by Gasteiger charge is -2.23. The summed E-state index contributed by atoms with van der Waals surface area (Å²) >= 11 is 0. The second kappa shape index (κ2) is 13.8. The number of carbonyl (C=O) groups is 1. The molecule has 0 spiro atoms. The summed E-state index contributed by atoms with van der Waals surface area (Å²) in [5, 5.41) is 31.0. The molecule has 0 amide bonds. The Morgan fingerprint density at radius 3 is 2.57 bits per heavy atom. The van der Waals surface area contributed by atoms with Crippen molar-refractivity contribution in [3.8, 4) is 5.75 Å². The Bertz CT molecular complexity index is 811. The molecule has 1 aliphatic rings. The first-order valence-electron chi connectivity index (χ1n) is 12.2. The van der Waals surface area contributed by atoms with Gasteiger partial charge in [-0.2, -0.15) is 13.2 Å². The molecule has 35 heavy (non-hydrogen) atoms. The minimum atomic E-state index is -4.47. The van der Waals surface area contributed by atoms with Gasteiger partial charge in [-0.15, -0.1) is 0 Å². The van der Waals surface area contributed by atoms with Crippen molar-refractivity contribution in [1.29, 1.82) is 0 Å². The van der Waals surface area contributed by atoms with Crippen molar-refractivity contribution in [2.45, 2.75) is 89.4 Å². The van der Waals surface area contributed by atoms with Crippen LogP contribution in [0.25, 0.3) is 0 Å². The van der Waals surface area contributed by atoms with Crippen LogP contribution in [-0.4, -0.2) is 52.3 Å². The lowest BCUT2D eigenvalue weighted by molar-refractivity contribution is -0.147. The van der Waals surface area contributed by atoms with Gasteiger partial charge in [-0.1, -0.05) is 18.2 Å². The number of aliphatic hydroxyl groups is 3. The van der Waals surface area contributed by atoms with Gasteiger partial charge in [0, 0.05) is 6.42 Å². The fourth-order valence-corrected chi connectivity index (χ4v) is 4.39. The lowest BCUT2D eigenvalue weighted by Crippen LogP contribution is -2.25. The van der Waals surface area contributed by atoms with Gasteiger partial charge in [0.05, 0.1) is 30.0 Å². The highest BCUT2D eigenvalue weighted by Gasteiger charge is 2.40. The monoisotopic (exact) mass is 502 g/mol. The van der Waals surface area contributed by atoms with E-state index in [2.05, 4.69) is 0 Å². The fraction of sp³-hybridized carbons (Fsp3) is 0.654. The SMILES string of the molecule is CC(C)OC(=O)CCCC=CC[C@@H]1[C@@H](CC[C@@H](O)COc2cccc(C(F)(F)F)c2)[C@H](O)C[C@@H]1O. The molecule has 5 atom stereocenters. The van der Waals surface area contributed by atoms with E-state index < -0.39 is 30.1 Å². The van der Waals surface area contributed by atoms with Crippen molar-refractivity contribution >= 4 is 5.97 Å². The van der Waals surface area contributed by atoms with E-state index in [1.54, 1.807) is 13.8 Å². The summed E-state index contributed by atoms with van der Waals surface area (Å²) in [6.45, 7) is 3.44. The first-order valence-corrected chi connectivity index (χ1v) is 12.2. The molecule has 0 aliphatic heterocycles. The fourth-order valence-electron chi connectivity index (χ4n) is 4.39. The topological polar surface area (TPSA) is 96.2 Å². The van der Waals surface area contributed by atoms with Gasteiger partial charge < -0.3 is 24.8 Å². The van der Waals surface area contributed by atoms with Gasteiger partial charge in [-0.3, -0.25) is 4.79 Å². The molecule has 1 fully saturated rings. The zero-order chi connectivity index (χ0) is 26.0. The summed E-state index contributed by atoms with van der Waals surface area (Å²) in [5.41, 5.74) is -0.820. The van der Waals surface area contributed by atoms with Gasteiger partial charge in [0.2, 0.25) is 0 Å². The average Bonchev–Trinajstić information content (AvgIpc) is 3.04. The Morgan fingerprint density at radius 2 is 1.89 bits per heavy atom. The summed E-state index contributed by atoms with van der Waals surface area (Å²) in [4.78, 5) is 11.5. The Hall–Kier alpha value is -2.10. The molecule has 0 radical (unpaired) electrons. The number of ether oxygens (including phenoxy) is 2. The third kappa shape index (κ3) is 10.2. The van der Waals surface area contributed by atoms with E-state index in [9.17, 15) is 33.3 Å². The summed E-state index contributed by atoms with van der Waals surface area (Å²) in [5.74, 6) is -0.573. The maximum Gasteiger partial charge on any atom is 0.416 e. The number of allylic oxidation sites excluding steroid dienone is 2. The number of halogens is 3. The molecule has 0 unspecified atom stereocenters.